The molecule has 114 valence electrons. The summed E-state index contributed by atoms with van der Waals surface area (Å²) in [7, 11) is 0. The number of rotatable bonds is 3. The van der Waals surface area contributed by atoms with Crippen molar-refractivity contribution in [3.8, 4) is 0 Å². The molecule has 4 heteroatoms. The summed E-state index contributed by atoms with van der Waals surface area (Å²) in [5.41, 5.74) is 3.50. The van der Waals surface area contributed by atoms with Gasteiger partial charge in [-0.1, -0.05) is 48.5 Å². The predicted molar refractivity (Wildman–Crippen MR) is 87.5 cm³/mol. The van der Waals surface area contributed by atoms with E-state index in [1.165, 1.54) is 0 Å². The Balaban J connectivity index is 2.02. The zero-order chi connectivity index (χ0) is 16.1. The lowest BCUT2D eigenvalue weighted by molar-refractivity contribution is -0.136. The van der Waals surface area contributed by atoms with Crippen molar-refractivity contribution in [2.45, 2.75) is 26.8 Å². The molecule has 0 saturated carbocycles. The normalized spacial score (nSPS) is 11.6. The summed E-state index contributed by atoms with van der Waals surface area (Å²) in [6.45, 7) is 5.64. The van der Waals surface area contributed by atoms with Crippen LogP contribution in [0.3, 0.4) is 0 Å². The molecule has 0 radical (unpaired) electrons. The van der Waals surface area contributed by atoms with Crippen molar-refractivity contribution in [1.29, 1.82) is 0 Å². The Bertz CT molecular complexity index is 660. The summed E-state index contributed by atoms with van der Waals surface area (Å²) < 4.78 is 0. The van der Waals surface area contributed by atoms with Gasteiger partial charge in [0.1, 0.15) is 0 Å². The van der Waals surface area contributed by atoms with Gasteiger partial charge >= 0.3 is 11.8 Å². The zero-order valence-electron chi connectivity index (χ0n) is 13.0. The third-order valence-corrected chi connectivity index (χ3v) is 3.57. The summed E-state index contributed by atoms with van der Waals surface area (Å²) in [4.78, 5) is 24.1. The van der Waals surface area contributed by atoms with Gasteiger partial charge in [-0.3, -0.25) is 9.59 Å². The van der Waals surface area contributed by atoms with Gasteiger partial charge in [-0.2, -0.15) is 0 Å². The maximum Gasteiger partial charge on any atom is 0.313 e. The molecule has 0 heterocycles. The Morgan fingerprint density at radius 1 is 0.864 bits per heavy atom. The molecule has 2 amide bonds. The first-order valence-corrected chi connectivity index (χ1v) is 7.22. The molecule has 0 fully saturated rings. The van der Waals surface area contributed by atoms with E-state index < -0.39 is 11.8 Å². The molecule has 2 aromatic rings. The summed E-state index contributed by atoms with van der Waals surface area (Å²) in [5.74, 6) is -1.29. The van der Waals surface area contributed by atoms with E-state index >= 15 is 0 Å². The van der Waals surface area contributed by atoms with Crippen molar-refractivity contribution in [3.63, 3.8) is 0 Å². The van der Waals surface area contributed by atoms with Gasteiger partial charge in [-0.05, 0) is 37.5 Å². The Labute approximate surface area is 130 Å². The number of hydrogen-bond acceptors (Lipinski definition) is 2. The zero-order valence-corrected chi connectivity index (χ0v) is 13.0. The van der Waals surface area contributed by atoms with Crippen LogP contribution in [0.15, 0.2) is 48.5 Å². The van der Waals surface area contributed by atoms with Gasteiger partial charge in [-0.25, -0.2) is 0 Å². The van der Waals surface area contributed by atoms with Crippen LogP contribution in [0.2, 0.25) is 0 Å². The molecule has 1 atom stereocenters. The largest absolute Gasteiger partial charge is 0.341 e. The van der Waals surface area contributed by atoms with Crippen LogP contribution >= 0.6 is 0 Å². The van der Waals surface area contributed by atoms with E-state index in [1.807, 2.05) is 69.3 Å². The smallest absolute Gasteiger partial charge is 0.313 e. The molecule has 0 saturated heterocycles. The van der Waals surface area contributed by atoms with Gasteiger partial charge in [0.2, 0.25) is 0 Å². The minimum absolute atomic E-state index is 0.225. The molecule has 2 aromatic carbocycles. The number of carbonyl (C=O) groups is 2. The highest BCUT2D eigenvalue weighted by molar-refractivity contribution is 6.39. The van der Waals surface area contributed by atoms with Crippen molar-refractivity contribution in [3.05, 3.63) is 65.2 Å². The Kier molecular flexibility index (Phi) is 4.94. The lowest BCUT2D eigenvalue weighted by Gasteiger charge is -2.15. The van der Waals surface area contributed by atoms with Crippen LogP contribution in [-0.2, 0) is 9.59 Å². The summed E-state index contributed by atoms with van der Waals surface area (Å²) in [6, 6.07) is 15.0. The van der Waals surface area contributed by atoms with Gasteiger partial charge in [-0.15, -0.1) is 0 Å². The van der Waals surface area contributed by atoms with E-state index in [4.69, 9.17) is 0 Å². The SMILES string of the molecule is Cc1cccc(C)c1NC(=O)C(=O)NC(C)c1ccccc1. The second-order valence-corrected chi connectivity index (χ2v) is 5.33. The fraction of sp³-hybridized carbons (Fsp3) is 0.222. The van der Waals surface area contributed by atoms with Crippen molar-refractivity contribution in [2.24, 2.45) is 0 Å². The monoisotopic (exact) mass is 296 g/mol. The molecule has 1 unspecified atom stereocenters. The molecule has 2 rings (SSSR count). The van der Waals surface area contributed by atoms with E-state index in [1.54, 1.807) is 0 Å². The molecule has 22 heavy (non-hydrogen) atoms. The average Bonchev–Trinajstić information content (AvgIpc) is 2.51. The molecule has 0 spiro atoms. The maximum atomic E-state index is 12.1. The molecule has 2 N–H and O–H groups in total. The highest BCUT2D eigenvalue weighted by Gasteiger charge is 2.18. The number of carbonyl (C=O) groups excluding carboxylic acids is 2. The lowest BCUT2D eigenvalue weighted by Crippen LogP contribution is -2.37. The first-order chi connectivity index (χ1) is 10.5. The number of aryl methyl sites for hydroxylation is 2. The molecule has 0 aliphatic rings. The quantitative estimate of drug-likeness (QED) is 0.855. The highest BCUT2D eigenvalue weighted by Crippen LogP contribution is 2.19. The van der Waals surface area contributed by atoms with E-state index in [0.717, 1.165) is 16.7 Å². The number of para-hydroxylation sites is 1. The number of nitrogens with one attached hydrogen (secondary N) is 2. The molecular weight excluding hydrogens is 276 g/mol. The molecule has 0 aromatic heterocycles. The van der Waals surface area contributed by atoms with Crippen molar-refractivity contribution in [1.82, 2.24) is 5.32 Å². The molecular formula is C18H20N2O2. The van der Waals surface area contributed by atoms with E-state index in [2.05, 4.69) is 10.6 Å². The summed E-state index contributed by atoms with van der Waals surface area (Å²) in [5, 5.41) is 5.39. The van der Waals surface area contributed by atoms with Gasteiger partial charge in [0.15, 0.2) is 0 Å². The lowest BCUT2D eigenvalue weighted by atomic mass is 10.1. The Hall–Kier alpha value is -2.62. The molecule has 0 aliphatic heterocycles. The molecule has 0 aliphatic carbocycles. The summed E-state index contributed by atoms with van der Waals surface area (Å²) in [6.07, 6.45) is 0. The average molecular weight is 296 g/mol. The van der Waals surface area contributed by atoms with Gasteiger partial charge in [0.25, 0.3) is 0 Å². The van der Waals surface area contributed by atoms with Crippen LogP contribution in [-0.4, -0.2) is 11.8 Å². The van der Waals surface area contributed by atoms with Crippen LogP contribution in [0.4, 0.5) is 5.69 Å². The fourth-order valence-electron chi connectivity index (χ4n) is 2.27. The number of anilines is 1. The first-order valence-electron chi connectivity index (χ1n) is 7.22. The minimum atomic E-state index is -0.653. The van der Waals surface area contributed by atoms with Crippen LogP contribution in [0.25, 0.3) is 0 Å². The number of benzene rings is 2. The van der Waals surface area contributed by atoms with Crippen LogP contribution in [0, 0.1) is 13.8 Å². The number of amides is 2. The second kappa shape index (κ2) is 6.89. The molecule has 0 bridgehead atoms. The first kappa shape index (κ1) is 15.8. The maximum absolute atomic E-state index is 12.1. The van der Waals surface area contributed by atoms with E-state index in [9.17, 15) is 9.59 Å². The predicted octanol–water partition coefficient (Wildman–Crippen LogP) is 3.12. The van der Waals surface area contributed by atoms with Gasteiger partial charge in [0.05, 0.1) is 6.04 Å². The topological polar surface area (TPSA) is 58.2 Å². The standard InChI is InChI=1S/C18H20N2O2/c1-12-8-7-9-13(2)16(12)20-18(22)17(21)19-14(3)15-10-5-4-6-11-15/h4-11,14H,1-3H3,(H,19,21)(H,20,22). The van der Waals surface area contributed by atoms with E-state index in [-0.39, 0.29) is 6.04 Å². The second-order valence-electron chi connectivity index (χ2n) is 5.33. The Morgan fingerprint density at radius 3 is 2.05 bits per heavy atom. The molecule has 4 nitrogen and oxygen atoms in total. The van der Waals surface area contributed by atoms with Crippen LogP contribution in [0.1, 0.15) is 29.7 Å². The Morgan fingerprint density at radius 2 is 1.45 bits per heavy atom. The van der Waals surface area contributed by atoms with Gasteiger partial charge in [0, 0.05) is 5.69 Å². The van der Waals surface area contributed by atoms with Crippen molar-refractivity contribution in [2.75, 3.05) is 5.32 Å². The highest BCUT2D eigenvalue weighted by atomic mass is 16.2. The van der Waals surface area contributed by atoms with Gasteiger partial charge < -0.3 is 10.6 Å². The van der Waals surface area contributed by atoms with E-state index in [0.29, 0.717) is 5.69 Å². The van der Waals surface area contributed by atoms with Crippen molar-refractivity contribution < 1.29 is 9.59 Å². The van der Waals surface area contributed by atoms with Crippen LogP contribution in [0.5, 0.6) is 0 Å². The third kappa shape index (κ3) is 3.73. The van der Waals surface area contributed by atoms with Crippen molar-refractivity contribution >= 4 is 17.5 Å². The summed E-state index contributed by atoms with van der Waals surface area (Å²) >= 11 is 0. The fourth-order valence-corrected chi connectivity index (χ4v) is 2.27. The minimum Gasteiger partial charge on any atom is -0.341 e. The number of hydrogen-bond donors (Lipinski definition) is 2. The third-order valence-electron chi connectivity index (χ3n) is 3.57. The van der Waals surface area contributed by atoms with Crippen LogP contribution < -0.4 is 10.6 Å².